The van der Waals surface area contributed by atoms with Crippen LogP contribution >= 0.6 is 0 Å². The number of fused-ring (bicyclic) bond motifs is 5. The van der Waals surface area contributed by atoms with E-state index in [-0.39, 0.29) is 35.0 Å². The molecule has 2 saturated carbocycles. The minimum absolute atomic E-state index is 0.0194. The van der Waals surface area contributed by atoms with Crippen LogP contribution in [0.15, 0.2) is 42.8 Å². The zero-order valence-electron chi connectivity index (χ0n) is 19.9. The number of aliphatic hydroxyl groups is 2. The molecule has 0 aliphatic heterocycles. The summed E-state index contributed by atoms with van der Waals surface area (Å²) in [7, 11) is 0. The van der Waals surface area contributed by atoms with Gasteiger partial charge in [0.15, 0.2) is 5.83 Å². The molecule has 0 heterocycles. The predicted molar refractivity (Wildman–Crippen MR) is 126 cm³/mol. The first-order valence-corrected chi connectivity index (χ1v) is 12.7. The van der Waals surface area contributed by atoms with E-state index in [2.05, 4.69) is 25.6 Å². The zero-order chi connectivity index (χ0) is 24.7. The number of hydrogen-bond acceptors (Lipinski definition) is 3. The Labute approximate surface area is 200 Å². The first-order valence-electron chi connectivity index (χ1n) is 12.7. The lowest BCUT2D eigenvalue weighted by Crippen LogP contribution is -2.54. The van der Waals surface area contributed by atoms with Crippen LogP contribution in [0.1, 0.15) is 81.8 Å². The summed E-state index contributed by atoms with van der Waals surface area (Å²) in [5.41, 5.74) is 2.18. The van der Waals surface area contributed by atoms with Crippen molar-refractivity contribution in [2.24, 2.45) is 22.7 Å². The van der Waals surface area contributed by atoms with Crippen molar-refractivity contribution >= 4 is 0 Å². The fraction of sp³-hybridized carbons (Fsp3) is 0.643. The average molecular weight is 479 g/mol. The Morgan fingerprint density at radius 2 is 1.97 bits per heavy atom. The second-order valence-electron chi connectivity index (χ2n) is 11.1. The minimum atomic E-state index is -2.45. The molecule has 0 aromatic heterocycles. The molecule has 0 saturated heterocycles. The number of phenolic OH excluding ortho intramolecular Hbond substituents is 1. The Kier molecular flexibility index (Phi) is 7.21. The van der Waals surface area contributed by atoms with Gasteiger partial charge < -0.3 is 15.3 Å². The van der Waals surface area contributed by atoms with Crippen molar-refractivity contribution in [3.8, 4) is 5.75 Å². The molecule has 7 atom stereocenters. The van der Waals surface area contributed by atoms with Gasteiger partial charge >= 0.3 is 6.08 Å². The van der Waals surface area contributed by atoms with Gasteiger partial charge in [0.2, 0.25) is 0 Å². The molecule has 2 fully saturated rings. The summed E-state index contributed by atoms with van der Waals surface area (Å²) in [6, 6.07) is 5.70. The number of benzene rings is 1. The van der Waals surface area contributed by atoms with E-state index in [0.717, 1.165) is 44.9 Å². The molecular weight excluding hydrogens is 441 g/mol. The maximum absolute atomic E-state index is 13.2. The molecule has 1 unspecified atom stereocenters. The lowest BCUT2D eigenvalue weighted by Gasteiger charge is -2.60. The predicted octanol–water partition coefficient (Wildman–Crippen LogP) is 6.78. The van der Waals surface area contributed by atoms with Gasteiger partial charge in [-0.1, -0.05) is 38.3 Å². The Bertz CT molecular complexity index is 943. The third-order valence-corrected chi connectivity index (χ3v) is 9.38. The molecule has 3 aliphatic rings. The smallest absolute Gasteiger partial charge is 0.304 e. The topological polar surface area (TPSA) is 60.7 Å². The molecule has 3 N–H and O–H groups in total. The van der Waals surface area contributed by atoms with Crippen LogP contribution in [-0.2, 0) is 6.42 Å². The molecule has 6 heteroatoms. The van der Waals surface area contributed by atoms with Gasteiger partial charge in [-0.2, -0.15) is 8.78 Å². The highest BCUT2D eigenvalue weighted by Crippen LogP contribution is 2.69. The first kappa shape index (κ1) is 25.3. The lowest BCUT2D eigenvalue weighted by atomic mass is 9.44. The van der Waals surface area contributed by atoms with Gasteiger partial charge in [-0.15, -0.1) is 6.58 Å². The van der Waals surface area contributed by atoms with Crippen LogP contribution in [0.25, 0.3) is 0 Å². The van der Waals surface area contributed by atoms with Gasteiger partial charge in [-0.25, -0.2) is 4.39 Å². The van der Waals surface area contributed by atoms with E-state index >= 15 is 0 Å². The standard InChI is InChI=1S/C28H37F3O3/c1-3-28-14-13-17-15-19(32)9-10-20(17)24(28)18(16-27(2)22(28)11-12-23(27)34)7-5-4-6-8-21(33)25(29)26(30)31/h3,9-10,15,18,21-24,32-34H,1,4-8,11-14,16H2,2H3/t18-,21+,22+,23-,24+,27-,28?/m0/s1. The summed E-state index contributed by atoms with van der Waals surface area (Å²) in [6.07, 6.45) is 5.08. The second kappa shape index (κ2) is 9.69. The highest BCUT2D eigenvalue weighted by Gasteiger charge is 2.63. The van der Waals surface area contributed by atoms with Gasteiger partial charge in [-0.05, 0) is 96.8 Å². The summed E-state index contributed by atoms with van der Waals surface area (Å²) in [5.74, 6) is -0.525. The number of allylic oxidation sites excluding steroid dienone is 1. The lowest BCUT2D eigenvalue weighted by molar-refractivity contribution is -0.0812. The highest BCUT2D eigenvalue weighted by molar-refractivity contribution is 5.43. The molecule has 0 radical (unpaired) electrons. The molecule has 4 rings (SSSR count). The largest absolute Gasteiger partial charge is 0.508 e. The van der Waals surface area contributed by atoms with Crippen molar-refractivity contribution in [2.75, 3.05) is 0 Å². The van der Waals surface area contributed by atoms with Crippen molar-refractivity contribution in [1.29, 1.82) is 0 Å². The van der Waals surface area contributed by atoms with E-state index in [1.165, 1.54) is 11.1 Å². The quantitative estimate of drug-likeness (QED) is 0.285. The van der Waals surface area contributed by atoms with Gasteiger partial charge in [0.25, 0.3) is 0 Å². The van der Waals surface area contributed by atoms with Crippen molar-refractivity contribution in [1.82, 2.24) is 0 Å². The van der Waals surface area contributed by atoms with Crippen LogP contribution in [-0.4, -0.2) is 27.5 Å². The molecule has 1 aromatic rings. The summed E-state index contributed by atoms with van der Waals surface area (Å²) in [6.45, 7) is 6.53. The van der Waals surface area contributed by atoms with Crippen molar-refractivity contribution in [3.63, 3.8) is 0 Å². The fourth-order valence-corrected chi connectivity index (χ4v) is 7.87. The van der Waals surface area contributed by atoms with Crippen molar-refractivity contribution in [2.45, 2.75) is 89.3 Å². The van der Waals surface area contributed by atoms with Crippen molar-refractivity contribution in [3.05, 3.63) is 53.9 Å². The molecule has 188 valence electrons. The Hall–Kier alpha value is -1.79. The molecular formula is C28H37F3O3. The monoisotopic (exact) mass is 478 g/mol. The van der Waals surface area contributed by atoms with Gasteiger partial charge in [0, 0.05) is 0 Å². The maximum Gasteiger partial charge on any atom is 0.304 e. The summed E-state index contributed by atoms with van der Waals surface area (Å²) >= 11 is 0. The summed E-state index contributed by atoms with van der Waals surface area (Å²) < 4.78 is 37.9. The van der Waals surface area contributed by atoms with Gasteiger partial charge in [0.1, 0.15) is 11.9 Å². The number of aryl methyl sites for hydroxylation is 1. The number of aliphatic hydroxyl groups excluding tert-OH is 2. The summed E-state index contributed by atoms with van der Waals surface area (Å²) in [4.78, 5) is 0. The number of rotatable bonds is 8. The van der Waals surface area contributed by atoms with E-state index in [4.69, 9.17) is 0 Å². The number of halogens is 3. The zero-order valence-corrected chi connectivity index (χ0v) is 19.9. The highest BCUT2D eigenvalue weighted by atomic mass is 19.3. The molecule has 3 nitrogen and oxygen atoms in total. The van der Waals surface area contributed by atoms with E-state index in [1.54, 1.807) is 6.07 Å². The SMILES string of the molecule is C=CC12CCc3cc(O)ccc3[C@H]1[C@@H](CCCCC[C@@H](O)C(F)=C(F)F)C[C@]1(C)[C@@H](O)CC[C@@H]21. The van der Waals surface area contributed by atoms with Gasteiger partial charge in [0.05, 0.1) is 6.10 Å². The third-order valence-electron chi connectivity index (χ3n) is 9.38. The number of aromatic hydroxyl groups is 1. The Morgan fingerprint density at radius 3 is 2.68 bits per heavy atom. The normalized spacial score (nSPS) is 35.1. The average Bonchev–Trinajstić information content (AvgIpc) is 3.11. The molecule has 0 amide bonds. The van der Waals surface area contributed by atoms with E-state index in [0.29, 0.717) is 24.7 Å². The minimum Gasteiger partial charge on any atom is -0.508 e. The molecule has 1 aromatic carbocycles. The molecule has 0 bridgehead atoms. The van der Waals surface area contributed by atoms with Crippen molar-refractivity contribution < 1.29 is 28.5 Å². The van der Waals surface area contributed by atoms with E-state index in [1.807, 2.05) is 6.07 Å². The first-order chi connectivity index (χ1) is 16.1. The second-order valence-corrected chi connectivity index (χ2v) is 11.1. The Morgan fingerprint density at radius 1 is 1.21 bits per heavy atom. The number of unbranched alkanes of at least 4 members (excludes halogenated alkanes) is 2. The fourth-order valence-electron chi connectivity index (χ4n) is 7.87. The van der Waals surface area contributed by atoms with Crippen LogP contribution in [0.3, 0.4) is 0 Å². The van der Waals surface area contributed by atoms with Crippen LogP contribution in [0, 0.1) is 22.7 Å². The maximum atomic E-state index is 13.2. The van der Waals surface area contributed by atoms with Crippen LogP contribution < -0.4 is 0 Å². The summed E-state index contributed by atoms with van der Waals surface area (Å²) in [5, 5.41) is 30.7. The van der Waals surface area contributed by atoms with E-state index in [9.17, 15) is 28.5 Å². The van der Waals surface area contributed by atoms with Crippen LogP contribution in [0.4, 0.5) is 13.2 Å². The molecule has 0 spiro atoms. The van der Waals surface area contributed by atoms with Crippen LogP contribution in [0.2, 0.25) is 0 Å². The molecule has 34 heavy (non-hydrogen) atoms. The molecule has 3 aliphatic carbocycles. The van der Waals surface area contributed by atoms with Gasteiger partial charge in [-0.3, -0.25) is 0 Å². The Balaban J connectivity index is 1.55. The number of phenols is 1. The third kappa shape index (κ3) is 4.21. The number of hydrogen-bond donors (Lipinski definition) is 3. The van der Waals surface area contributed by atoms with E-state index < -0.39 is 18.0 Å². The van der Waals surface area contributed by atoms with Crippen LogP contribution in [0.5, 0.6) is 5.75 Å².